The number of non-ortho nitro benzene ring substituents is 1. The molecule has 0 spiro atoms. The highest BCUT2D eigenvalue weighted by atomic mass is 79.9. The van der Waals surface area contributed by atoms with E-state index >= 15 is 0 Å². The monoisotopic (exact) mass is 397 g/mol. The Labute approximate surface area is 130 Å². The maximum Gasteiger partial charge on any atom is 0.271 e. The molecule has 2 rings (SSSR count). The van der Waals surface area contributed by atoms with Crippen molar-refractivity contribution < 1.29 is 9.66 Å². The third kappa shape index (κ3) is 3.12. The number of benzene rings is 1. The van der Waals surface area contributed by atoms with Gasteiger partial charge in [-0.2, -0.15) is 5.26 Å². The maximum atomic E-state index is 10.7. The van der Waals surface area contributed by atoms with E-state index in [0.717, 1.165) is 0 Å². The molecule has 0 aliphatic carbocycles. The van der Waals surface area contributed by atoms with Crippen LogP contribution in [0.5, 0.6) is 11.6 Å². The molecule has 2 aromatic rings. The number of nitriles is 1. The van der Waals surface area contributed by atoms with Gasteiger partial charge in [0.2, 0.25) is 5.88 Å². The number of nitro groups is 1. The van der Waals surface area contributed by atoms with Gasteiger partial charge >= 0.3 is 0 Å². The van der Waals surface area contributed by atoms with Crippen LogP contribution in [0.4, 0.5) is 5.69 Å². The molecule has 0 aliphatic heterocycles. The first kappa shape index (κ1) is 14.4. The largest absolute Gasteiger partial charge is 0.437 e. The van der Waals surface area contributed by atoms with Crippen LogP contribution in [0.15, 0.2) is 39.3 Å². The van der Waals surface area contributed by atoms with Crippen LogP contribution < -0.4 is 4.74 Å². The summed E-state index contributed by atoms with van der Waals surface area (Å²) in [4.78, 5) is 14.2. The van der Waals surface area contributed by atoms with Crippen molar-refractivity contribution in [2.24, 2.45) is 0 Å². The first-order chi connectivity index (χ1) is 9.51. The molecule has 0 aliphatic rings. The van der Waals surface area contributed by atoms with E-state index < -0.39 is 4.92 Å². The van der Waals surface area contributed by atoms with Crippen LogP contribution in [0.3, 0.4) is 0 Å². The Hall–Kier alpha value is -1.98. The van der Waals surface area contributed by atoms with Gasteiger partial charge in [-0.15, -0.1) is 0 Å². The van der Waals surface area contributed by atoms with E-state index in [0.29, 0.717) is 14.7 Å². The number of nitrogens with zero attached hydrogens (tertiary/aromatic N) is 3. The van der Waals surface area contributed by atoms with Crippen molar-refractivity contribution in [2.45, 2.75) is 0 Å². The first-order valence-electron chi connectivity index (χ1n) is 5.19. The van der Waals surface area contributed by atoms with Crippen molar-refractivity contribution in [2.75, 3.05) is 0 Å². The van der Waals surface area contributed by atoms with Crippen LogP contribution in [-0.2, 0) is 0 Å². The molecule has 0 saturated heterocycles. The van der Waals surface area contributed by atoms with E-state index in [9.17, 15) is 10.1 Å². The summed E-state index contributed by atoms with van der Waals surface area (Å²) in [6.45, 7) is 0. The first-order valence-corrected chi connectivity index (χ1v) is 6.78. The smallest absolute Gasteiger partial charge is 0.271 e. The van der Waals surface area contributed by atoms with Gasteiger partial charge < -0.3 is 4.74 Å². The van der Waals surface area contributed by atoms with E-state index in [1.165, 1.54) is 12.1 Å². The molecule has 0 amide bonds. The van der Waals surface area contributed by atoms with E-state index in [4.69, 9.17) is 10.00 Å². The number of halogens is 2. The minimum atomic E-state index is -0.506. The van der Waals surface area contributed by atoms with Crippen LogP contribution in [0.2, 0.25) is 0 Å². The lowest BCUT2D eigenvalue weighted by molar-refractivity contribution is -0.385. The number of rotatable bonds is 3. The van der Waals surface area contributed by atoms with Gasteiger partial charge in [-0.1, -0.05) is 6.07 Å². The van der Waals surface area contributed by atoms with Gasteiger partial charge in [0.25, 0.3) is 5.69 Å². The van der Waals surface area contributed by atoms with E-state index in [-0.39, 0.29) is 17.3 Å². The average molecular weight is 399 g/mol. The fourth-order valence-electron chi connectivity index (χ4n) is 1.39. The molecule has 20 heavy (non-hydrogen) atoms. The van der Waals surface area contributed by atoms with E-state index in [2.05, 4.69) is 36.8 Å². The van der Waals surface area contributed by atoms with Crippen LogP contribution in [-0.4, -0.2) is 9.91 Å². The molecule has 6 nitrogen and oxygen atoms in total. The molecule has 1 aromatic heterocycles. The average Bonchev–Trinajstić information content (AvgIpc) is 2.42. The van der Waals surface area contributed by atoms with Crippen molar-refractivity contribution >= 4 is 37.5 Å². The fourth-order valence-corrected chi connectivity index (χ4v) is 2.71. The van der Waals surface area contributed by atoms with Crippen LogP contribution >= 0.6 is 31.9 Å². The Morgan fingerprint density at radius 1 is 1.30 bits per heavy atom. The summed E-state index contributed by atoms with van der Waals surface area (Å²) in [6.07, 6.45) is 0. The molecule has 0 N–H and O–H groups in total. The Bertz CT molecular complexity index is 705. The highest BCUT2D eigenvalue weighted by Gasteiger charge is 2.16. The van der Waals surface area contributed by atoms with Gasteiger partial charge in [0, 0.05) is 18.2 Å². The summed E-state index contributed by atoms with van der Waals surface area (Å²) in [6, 6.07) is 9.32. The number of hydrogen-bond acceptors (Lipinski definition) is 5. The molecule has 0 radical (unpaired) electrons. The topological polar surface area (TPSA) is 89.0 Å². The highest BCUT2D eigenvalue weighted by molar-refractivity contribution is 9.11. The molecular weight excluding hydrogens is 394 g/mol. The molecule has 0 atom stereocenters. The van der Waals surface area contributed by atoms with Gasteiger partial charge in [-0.05, 0) is 37.9 Å². The second kappa shape index (κ2) is 5.98. The predicted molar refractivity (Wildman–Crippen MR) is 77.5 cm³/mol. The van der Waals surface area contributed by atoms with E-state index in [1.54, 1.807) is 18.2 Å². The molecule has 0 bridgehead atoms. The Morgan fingerprint density at radius 2 is 1.95 bits per heavy atom. The molecule has 8 heteroatoms. The van der Waals surface area contributed by atoms with Crippen LogP contribution in [0.25, 0.3) is 0 Å². The third-order valence-corrected chi connectivity index (χ3v) is 3.42. The minimum Gasteiger partial charge on any atom is -0.437 e. The second-order valence-corrected chi connectivity index (χ2v) is 5.28. The molecule has 1 heterocycles. The lowest BCUT2D eigenvalue weighted by Crippen LogP contribution is -1.94. The molecule has 0 saturated carbocycles. The van der Waals surface area contributed by atoms with Gasteiger partial charge in [0.05, 0.1) is 13.9 Å². The number of aromatic nitrogens is 1. The van der Waals surface area contributed by atoms with Crippen molar-refractivity contribution in [3.63, 3.8) is 0 Å². The Morgan fingerprint density at radius 3 is 2.50 bits per heavy atom. The lowest BCUT2D eigenvalue weighted by Gasteiger charge is -2.09. The van der Waals surface area contributed by atoms with Crippen LogP contribution in [0.1, 0.15) is 5.69 Å². The number of pyridine rings is 1. The predicted octanol–water partition coefficient (Wildman–Crippen LogP) is 4.18. The SMILES string of the molecule is N#Cc1cccc(Oc2c(Br)cc([N+](=O)[O-])cc2Br)n1. The summed E-state index contributed by atoms with van der Waals surface area (Å²) in [5.74, 6) is 0.567. The summed E-state index contributed by atoms with van der Waals surface area (Å²) in [5.41, 5.74) is 0.145. The fraction of sp³-hybridized carbons (Fsp3) is 0. The Balaban J connectivity index is 2.39. The zero-order chi connectivity index (χ0) is 14.7. The number of hydrogen-bond donors (Lipinski definition) is 0. The van der Waals surface area contributed by atoms with Crippen molar-refractivity contribution in [3.8, 4) is 17.7 Å². The molecule has 0 fully saturated rings. The highest BCUT2D eigenvalue weighted by Crippen LogP contribution is 2.39. The standard InChI is InChI=1S/C12H5Br2N3O3/c13-9-4-8(17(18)19)5-10(14)12(9)20-11-3-1-2-7(6-15)16-11/h1-5H. The summed E-state index contributed by atoms with van der Waals surface area (Å²) in [7, 11) is 0. The number of nitro benzene ring substituents is 1. The van der Waals surface area contributed by atoms with Gasteiger partial charge in [-0.25, -0.2) is 4.98 Å². The summed E-state index contributed by atoms with van der Waals surface area (Å²) < 4.78 is 6.35. The quantitative estimate of drug-likeness (QED) is 0.571. The Kier molecular flexibility index (Phi) is 4.32. The number of ether oxygens (including phenoxy) is 1. The summed E-state index contributed by atoms with van der Waals surface area (Å²) >= 11 is 6.41. The van der Waals surface area contributed by atoms with Gasteiger partial charge in [0.15, 0.2) is 5.75 Å². The molecule has 100 valence electrons. The normalized spacial score (nSPS) is 9.85. The van der Waals surface area contributed by atoms with Gasteiger partial charge in [-0.3, -0.25) is 10.1 Å². The van der Waals surface area contributed by atoms with Crippen molar-refractivity contribution in [3.05, 3.63) is 55.1 Å². The second-order valence-electron chi connectivity index (χ2n) is 3.57. The summed E-state index contributed by atoms with van der Waals surface area (Å²) in [5, 5.41) is 19.5. The van der Waals surface area contributed by atoms with E-state index in [1.807, 2.05) is 6.07 Å². The maximum absolute atomic E-state index is 10.7. The van der Waals surface area contributed by atoms with Crippen molar-refractivity contribution in [1.29, 1.82) is 5.26 Å². The zero-order valence-corrected chi connectivity index (χ0v) is 12.9. The molecular formula is C12H5Br2N3O3. The van der Waals surface area contributed by atoms with Crippen molar-refractivity contribution in [1.82, 2.24) is 4.98 Å². The molecule has 0 unspecified atom stereocenters. The van der Waals surface area contributed by atoms with Crippen LogP contribution in [0, 0.1) is 21.4 Å². The minimum absolute atomic E-state index is 0.0742. The zero-order valence-electron chi connectivity index (χ0n) is 9.71. The molecule has 1 aromatic carbocycles. The lowest BCUT2D eigenvalue weighted by atomic mass is 10.3. The van der Waals surface area contributed by atoms with Gasteiger partial charge in [0.1, 0.15) is 11.8 Å². The third-order valence-electron chi connectivity index (χ3n) is 2.24.